The van der Waals surface area contributed by atoms with Gasteiger partial charge in [-0.3, -0.25) is 0 Å². The summed E-state index contributed by atoms with van der Waals surface area (Å²) in [7, 11) is 5.85. The van der Waals surface area contributed by atoms with Crippen molar-refractivity contribution < 1.29 is 0 Å². The summed E-state index contributed by atoms with van der Waals surface area (Å²) in [6, 6.07) is 3.93. The Hall–Kier alpha value is -1.38. The van der Waals surface area contributed by atoms with Crippen molar-refractivity contribution in [2.45, 2.75) is 26.7 Å². The summed E-state index contributed by atoms with van der Waals surface area (Å²) in [5.41, 5.74) is 3.88. The second-order valence-electron chi connectivity index (χ2n) is 4.09. The second-order valence-corrected chi connectivity index (χ2v) is 4.09. The van der Waals surface area contributed by atoms with Crippen molar-refractivity contribution in [2.24, 2.45) is 0 Å². The van der Waals surface area contributed by atoms with E-state index in [1.807, 2.05) is 19.1 Å². The van der Waals surface area contributed by atoms with Crippen LogP contribution >= 0.6 is 0 Å². The molecule has 2 aromatic rings. The molecule has 0 aliphatic heterocycles. The third-order valence-electron chi connectivity index (χ3n) is 2.68. The predicted molar refractivity (Wildman–Crippen MR) is 63.8 cm³/mol. The molecular weight excluding hydrogens is 183 g/mol. The van der Waals surface area contributed by atoms with Gasteiger partial charge in [-0.15, -0.1) is 0 Å². The van der Waals surface area contributed by atoms with Crippen LogP contribution in [0.3, 0.4) is 0 Å². The van der Waals surface area contributed by atoms with Gasteiger partial charge in [0.25, 0.3) is 0 Å². The fourth-order valence-corrected chi connectivity index (χ4v) is 1.77. The van der Waals surface area contributed by atoms with E-state index in [1.165, 1.54) is 0 Å². The van der Waals surface area contributed by atoms with Gasteiger partial charge in [-0.1, -0.05) is 31.4 Å². The van der Waals surface area contributed by atoms with E-state index in [0.717, 1.165) is 27.6 Å². The molecule has 0 N–H and O–H groups in total. The minimum atomic E-state index is 0.401. The lowest BCUT2D eigenvalue weighted by Crippen LogP contribution is -2.09. The Labute approximate surface area is 91.2 Å². The molecule has 0 amide bonds. The molecular formula is C12H13BN2. The average Bonchev–Trinajstić information content (AvgIpc) is 2.23. The van der Waals surface area contributed by atoms with Crippen molar-refractivity contribution in [3.8, 4) is 0 Å². The van der Waals surface area contributed by atoms with E-state index in [1.54, 1.807) is 6.33 Å². The summed E-state index contributed by atoms with van der Waals surface area (Å²) in [5, 5.41) is 1.11. The zero-order valence-corrected chi connectivity index (χ0v) is 9.28. The molecule has 74 valence electrons. The van der Waals surface area contributed by atoms with Gasteiger partial charge in [0.15, 0.2) is 0 Å². The summed E-state index contributed by atoms with van der Waals surface area (Å²) >= 11 is 0. The Morgan fingerprint density at radius 3 is 2.60 bits per heavy atom. The first-order valence-corrected chi connectivity index (χ1v) is 5.11. The normalized spacial score (nSPS) is 11.2. The molecule has 1 aromatic heterocycles. The highest BCUT2D eigenvalue weighted by Crippen LogP contribution is 2.22. The first kappa shape index (κ1) is 10.2. The third kappa shape index (κ3) is 1.62. The van der Waals surface area contributed by atoms with E-state index in [9.17, 15) is 0 Å². The number of aromatic nitrogens is 2. The van der Waals surface area contributed by atoms with Crippen molar-refractivity contribution in [1.29, 1.82) is 0 Å². The number of aryl methyl sites for hydroxylation is 1. The molecule has 0 spiro atoms. The van der Waals surface area contributed by atoms with Gasteiger partial charge in [-0.2, -0.15) is 0 Å². The molecule has 0 saturated carbocycles. The highest BCUT2D eigenvalue weighted by atomic mass is 14.8. The third-order valence-corrected chi connectivity index (χ3v) is 2.68. The second kappa shape index (κ2) is 3.65. The highest BCUT2D eigenvalue weighted by molar-refractivity contribution is 6.34. The van der Waals surface area contributed by atoms with Gasteiger partial charge >= 0.3 is 0 Å². The van der Waals surface area contributed by atoms with Gasteiger partial charge in [0.05, 0.1) is 11.2 Å². The summed E-state index contributed by atoms with van der Waals surface area (Å²) in [6.07, 6.45) is 1.62. The topological polar surface area (TPSA) is 25.8 Å². The molecule has 0 unspecified atom stereocenters. The molecule has 1 heterocycles. The van der Waals surface area contributed by atoms with E-state index in [2.05, 4.69) is 23.8 Å². The zero-order chi connectivity index (χ0) is 11.0. The van der Waals surface area contributed by atoms with Crippen molar-refractivity contribution in [1.82, 2.24) is 9.97 Å². The molecule has 0 aliphatic rings. The van der Waals surface area contributed by atoms with Crippen LogP contribution in [0.15, 0.2) is 18.5 Å². The van der Waals surface area contributed by atoms with E-state index in [-0.39, 0.29) is 0 Å². The van der Waals surface area contributed by atoms with Gasteiger partial charge in [0.2, 0.25) is 0 Å². The lowest BCUT2D eigenvalue weighted by molar-refractivity contribution is 0.828. The van der Waals surface area contributed by atoms with E-state index in [0.29, 0.717) is 5.92 Å². The lowest BCUT2D eigenvalue weighted by Gasteiger charge is -2.10. The Morgan fingerprint density at radius 1 is 1.20 bits per heavy atom. The molecule has 1 aromatic carbocycles. The van der Waals surface area contributed by atoms with Crippen LogP contribution in [-0.4, -0.2) is 17.8 Å². The lowest BCUT2D eigenvalue weighted by atomic mass is 9.88. The summed E-state index contributed by atoms with van der Waals surface area (Å²) < 4.78 is 0. The van der Waals surface area contributed by atoms with Gasteiger partial charge < -0.3 is 0 Å². The van der Waals surface area contributed by atoms with Crippen molar-refractivity contribution in [2.75, 3.05) is 0 Å². The van der Waals surface area contributed by atoms with Crippen LogP contribution in [0.5, 0.6) is 0 Å². The average molecular weight is 196 g/mol. The SMILES string of the molecule is [B]c1ccc2c(C(C)C)ncnc2c1C. The van der Waals surface area contributed by atoms with Crippen molar-refractivity contribution in [3.05, 3.63) is 29.7 Å². The minimum absolute atomic E-state index is 0.401. The van der Waals surface area contributed by atoms with Gasteiger partial charge in [0, 0.05) is 5.39 Å². The summed E-state index contributed by atoms with van der Waals surface area (Å²) in [6.45, 7) is 6.26. The van der Waals surface area contributed by atoms with Crippen molar-refractivity contribution in [3.63, 3.8) is 0 Å². The van der Waals surface area contributed by atoms with Crippen LogP contribution in [-0.2, 0) is 0 Å². The van der Waals surface area contributed by atoms with Crippen LogP contribution in [0.2, 0.25) is 0 Å². The molecule has 2 radical (unpaired) electrons. The maximum absolute atomic E-state index is 5.85. The van der Waals surface area contributed by atoms with E-state index >= 15 is 0 Å². The maximum atomic E-state index is 5.85. The number of hydrogen-bond acceptors (Lipinski definition) is 2. The standard InChI is InChI=1S/C12H13BN2/c1-7(2)11-9-4-5-10(13)8(3)12(9)15-6-14-11/h4-7H,1-3H3. The minimum Gasteiger partial charge on any atom is -0.240 e. The number of fused-ring (bicyclic) bond motifs is 1. The highest BCUT2D eigenvalue weighted by Gasteiger charge is 2.09. The van der Waals surface area contributed by atoms with Gasteiger partial charge in [-0.25, -0.2) is 9.97 Å². The van der Waals surface area contributed by atoms with Crippen LogP contribution < -0.4 is 5.46 Å². The first-order chi connectivity index (χ1) is 7.11. The predicted octanol–water partition coefficient (Wildman–Crippen LogP) is 1.86. The Morgan fingerprint density at radius 2 is 1.93 bits per heavy atom. The Balaban J connectivity index is 2.83. The summed E-state index contributed by atoms with van der Waals surface area (Å²) in [5.74, 6) is 0.401. The number of rotatable bonds is 1. The molecule has 2 nitrogen and oxygen atoms in total. The monoisotopic (exact) mass is 196 g/mol. The molecule has 15 heavy (non-hydrogen) atoms. The van der Waals surface area contributed by atoms with Crippen molar-refractivity contribution >= 4 is 24.2 Å². The smallest absolute Gasteiger partial charge is 0.116 e. The Bertz CT molecular complexity index is 506. The number of benzene rings is 1. The van der Waals surface area contributed by atoms with E-state index < -0.39 is 0 Å². The molecule has 0 saturated heterocycles. The first-order valence-electron chi connectivity index (χ1n) is 5.11. The van der Waals surface area contributed by atoms with Crippen LogP contribution in [0.1, 0.15) is 31.0 Å². The largest absolute Gasteiger partial charge is 0.240 e. The molecule has 0 atom stereocenters. The quantitative estimate of drug-likeness (QED) is 0.650. The van der Waals surface area contributed by atoms with Crippen LogP contribution in [0, 0.1) is 6.92 Å². The number of nitrogens with zero attached hydrogens (tertiary/aromatic N) is 2. The fourth-order valence-electron chi connectivity index (χ4n) is 1.77. The number of hydrogen-bond donors (Lipinski definition) is 0. The van der Waals surface area contributed by atoms with Gasteiger partial charge in [0.1, 0.15) is 14.2 Å². The Kier molecular flexibility index (Phi) is 2.47. The molecule has 2 rings (SSSR count). The maximum Gasteiger partial charge on any atom is 0.116 e. The fraction of sp³-hybridized carbons (Fsp3) is 0.333. The zero-order valence-electron chi connectivity index (χ0n) is 9.28. The molecule has 3 heteroatoms. The van der Waals surface area contributed by atoms with Crippen LogP contribution in [0.4, 0.5) is 0 Å². The van der Waals surface area contributed by atoms with Crippen LogP contribution in [0.25, 0.3) is 10.9 Å². The molecule has 0 aliphatic carbocycles. The molecule has 0 fully saturated rings. The molecule has 0 bridgehead atoms. The summed E-state index contributed by atoms with van der Waals surface area (Å²) in [4.78, 5) is 8.62. The van der Waals surface area contributed by atoms with E-state index in [4.69, 9.17) is 7.85 Å². The van der Waals surface area contributed by atoms with Gasteiger partial charge in [-0.05, 0) is 18.4 Å².